The first-order chi connectivity index (χ1) is 10.8. The van der Waals surface area contributed by atoms with Crippen molar-refractivity contribution in [3.05, 3.63) is 114 Å². The van der Waals surface area contributed by atoms with Crippen LogP contribution in [-0.4, -0.2) is 0 Å². The first kappa shape index (κ1) is 14.1. The molecule has 0 bridgehead atoms. The zero-order valence-electron chi connectivity index (χ0n) is 12.5. The molecule has 0 heteroatoms. The minimum atomic E-state index is 0.884. The van der Waals surface area contributed by atoms with Gasteiger partial charge in [0.1, 0.15) is 0 Å². The van der Waals surface area contributed by atoms with E-state index in [2.05, 4.69) is 73.0 Å². The van der Waals surface area contributed by atoms with Crippen LogP contribution in [0.5, 0.6) is 0 Å². The zero-order chi connectivity index (χ0) is 15.2. The van der Waals surface area contributed by atoms with Gasteiger partial charge in [-0.3, -0.25) is 0 Å². The van der Waals surface area contributed by atoms with Crippen molar-refractivity contribution in [1.29, 1.82) is 0 Å². The quantitative estimate of drug-likeness (QED) is 0.640. The van der Waals surface area contributed by atoms with Crippen LogP contribution in [0.4, 0.5) is 0 Å². The summed E-state index contributed by atoms with van der Waals surface area (Å²) in [6.45, 7) is 4.23. The van der Waals surface area contributed by atoms with Crippen molar-refractivity contribution in [2.24, 2.45) is 0 Å². The highest BCUT2D eigenvalue weighted by atomic mass is 14.1. The number of hydrogen-bond donors (Lipinski definition) is 0. The highest BCUT2D eigenvalue weighted by Crippen LogP contribution is 2.22. The summed E-state index contributed by atoms with van der Waals surface area (Å²) in [6, 6.07) is 19.1. The molecule has 0 nitrogen and oxygen atoms in total. The number of benzene rings is 2. The molecule has 0 radical (unpaired) electrons. The van der Waals surface area contributed by atoms with Crippen molar-refractivity contribution in [3.63, 3.8) is 0 Å². The third kappa shape index (κ3) is 3.44. The summed E-state index contributed by atoms with van der Waals surface area (Å²) in [5.41, 5.74) is 9.11. The smallest absolute Gasteiger partial charge is 0.00257 e. The predicted octanol–water partition coefficient (Wildman–Crippen LogP) is 5.61. The van der Waals surface area contributed by atoms with Gasteiger partial charge >= 0.3 is 0 Å². The molecule has 2 aromatic rings. The van der Waals surface area contributed by atoms with Crippen LogP contribution in [0.2, 0.25) is 0 Å². The molecule has 0 amide bonds. The highest BCUT2D eigenvalue weighted by molar-refractivity contribution is 5.77. The molecule has 22 heavy (non-hydrogen) atoms. The largest absolute Gasteiger partial charge is 0.121 e. The molecule has 3 rings (SSSR count). The standard InChI is InChI=1S/C22H18/c1-18(17-19-9-5-4-6-10-19)20-13-15-22(16-14-20)21-11-7-2-3-8-12-21/h2,4-16H,1,17H2. The van der Waals surface area contributed by atoms with Crippen LogP contribution >= 0.6 is 0 Å². The third-order valence-electron chi connectivity index (χ3n) is 3.71. The Morgan fingerprint density at radius 2 is 1.68 bits per heavy atom. The van der Waals surface area contributed by atoms with Crippen molar-refractivity contribution in [3.8, 4) is 0 Å². The number of allylic oxidation sites excluding steroid dienone is 6. The molecular formula is C22H18. The Bertz CT molecular complexity index is 778. The first-order valence-corrected chi connectivity index (χ1v) is 7.45. The van der Waals surface area contributed by atoms with Crippen LogP contribution in [0, 0.1) is 0 Å². The second-order valence-corrected chi connectivity index (χ2v) is 5.32. The van der Waals surface area contributed by atoms with Gasteiger partial charge in [-0.25, -0.2) is 0 Å². The Kier molecular flexibility index (Phi) is 4.34. The molecule has 0 fully saturated rings. The van der Waals surface area contributed by atoms with E-state index < -0.39 is 0 Å². The Morgan fingerprint density at radius 3 is 2.45 bits per heavy atom. The SMILES string of the molecule is C=C(Cc1ccccc1)c1ccc(C2=CC=C=CC=C2)cc1. The molecule has 0 saturated carbocycles. The summed E-state index contributed by atoms with van der Waals surface area (Å²) in [7, 11) is 0. The van der Waals surface area contributed by atoms with Gasteiger partial charge in [0.05, 0.1) is 0 Å². The molecule has 0 aromatic heterocycles. The maximum absolute atomic E-state index is 4.23. The van der Waals surface area contributed by atoms with Gasteiger partial charge in [0.15, 0.2) is 0 Å². The molecule has 0 heterocycles. The molecule has 0 N–H and O–H groups in total. The lowest BCUT2D eigenvalue weighted by Gasteiger charge is -2.08. The Labute approximate surface area is 132 Å². The predicted molar refractivity (Wildman–Crippen MR) is 95.4 cm³/mol. The van der Waals surface area contributed by atoms with Crippen LogP contribution < -0.4 is 0 Å². The molecular weight excluding hydrogens is 264 g/mol. The molecule has 2 aromatic carbocycles. The van der Waals surface area contributed by atoms with E-state index in [-0.39, 0.29) is 0 Å². The lowest BCUT2D eigenvalue weighted by molar-refractivity contribution is 1.29. The van der Waals surface area contributed by atoms with Gasteiger partial charge in [-0.1, -0.05) is 73.3 Å². The number of rotatable bonds is 4. The maximum Gasteiger partial charge on any atom is -0.00257 e. The van der Waals surface area contributed by atoms with E-state index in [0.717, 1.165) is 12.0 Å². The minimum Gasteiger partial charge on any atom is -0.121 e. The highest BCUT2D eigenvalue weighted by Gasteiger charge is 2.03. The van der Waals surface area contributed by atoms with Crippen molar-refractivity contribution in [2.75, 3.05) is 0 Å². The second-order valence-electron chi connectivity index (χ2n) is 5.32. The van der Waals surface area contributed by atoms with Gasteiger partial charge in [-0.05, 0) is 52.5 Å². The fourth-order valence-corrected chi connectivity index (χ4v) is 2.49. The molecule has 0 saturated heterocycles. The van der Waals surface area contributed by atoms with E-state index in [1.54, 1.807) is 0 Å². The van der Waals surface area contributed by atoms with E-state index in [4.69, 9.17) is 0 Å². The van der Waals surface area contributed by atoms with Crippen LogP contribution in [0.15, 0.2) is 97.3 Å². The molecule has 0 aliphatic heterocycles. The van der Waals surface area contributed by atoms with E-state index in [0.29, 0.717) is 0 Å². The molecule has 0 unspecified atom stereocenters. The van der Waals surface area contributed by atoms with Crippen molar-refractivity contribution in [2.45, 2.75) is 6.42 Å². The maximum atomic E-state index is 4.23. The van der Waals surface area contributed by atoms with Crippen LogP contribution in [-0.2, 0) is 6.42 Å². The summed E-state index contributed by atoms with van der Waals surface area (Å²) < 4.78 is 0. The van der Waals surface area contributed by atoms with Crippen LogP contribution in [0.3, 0.4) is 0 Å². The molecule has 106 valence electrons. The fourth-order valence-electron chi connectivity index (χ4n) is 2.49. The Hall–Kier alpha value is -2.82. The summed E-state index contributed by atoms with van der Waals surface area (Å²) >= 11 is 0. The summed E-state index contributed by atoms with van der Waals surface area (Å²) in [5.74, 6) is 0. The lowest BCUT2D eigenvalue weighted by Crippen LogP contribution is -1.90. The van der Waals surface area contributed by atoms with Crippen LogP contribution in [0.25, 0.3) is 11.1 Å². The monoisotopic (exact) mass is 282 g/mol. The van der Waals surface area contributed by atoms with Crippen LogP contribution in [0.1, 0.15) is 16.7 Å². The van der Waals surface area contributed by atoms with Gasteiger partial charge < -0.3 is 0 Å². The Balaban J connectivity index is 1.75. The average Bonchev–Trinajstić information content (AvgIpc) is 2.85. The third-order valence-corrected chi connectivity index (χ3v) is 3.71. The summed E-state index contributed by atoms with van der Waals surface area (Å²) in [6.07, 6.45) is 10.9. The van der Waals surface area contributed by atoms with Gasteiger partial charge in [0, 0.05) is 0 Å². The van der Waals surface area contributed by atoms with E-state index in [1.807, 2.05) is 24.3 Å². The van der Waals surface area contributed by atoms with Crippen molar-refractivity contribution >= 4 is 11.1 Å². The fraction of sp³-hybridized carbons (Fsp3) is 0.0455. The van der Waals surface area contributed by atoms with E-state index >= 15 is 0 Å². The molecule has 1 aliphatic carbocycles. The summed E-state index contributed by atoms with van der Waals surface area (Å²) in [4.78, 5) is 0. The van der Waals surface area contributed by atoms with Crippen molar-refractivity contribution < 1.29 is 0 Å². The topological polar surface area (TPSA) is 0 Å². The van der Waals surface area contributed by atoms with Gasteiger partial charge in [-0.2, -0.15) is 0 Å². The zero-order valence-corrected chi connectivity index (χ0v) is 12.5. The van der Waals surface area contributed by atoms with Crippen molar-refractivity contribution in [1.82, 2.24) is 0 Å². The average molecular weight is 282 g/mol. The van der Waals surface area contributed by atoms with Gasteiger partial charge in [0.25, 0.3) is 0 Å². The van der Waals surface area contributed by atoms with E-state index in [9.17, 15) is 0 Å². The van der Waals surface area contributed by atoms with E-state index in [1.165, 1.54) is 22.3 Å². The summed E-state index contributed by atoms with van der Waals surface area (Å²) in [5, 5.41) is 0. The molecule has 1 aliphatic rings. The first-order valence-electron chi connectivity index (χ1n) is 7.45. The number of hydrogen-bond acceptors (Lipinski definition) is 0. The second kappa shape index (κ2) is 6.76. The molecule has 0 atom stereocenters. The lowest BCUT2D eigenvalue weighted by atomic mass is 9.97. The Morgan fingerprint density at radius 1 is 0.909 bits per heavy atom. The van der Waals surface area contributed by atoms with Gasteiger partial charge in [0.2, 0.25) is 0 Å². The minimum absolute atomic E-state index is 0.884. The van der Waals surface area contributed by atoms with Gasteiger partial charge in [-0.15, -0.1) is 5.73 Å². The normalized spacial score (nSPS) is 12.8. The molecule has 0 spiro atoms.